The molecule has 0 aliphatic carbocycles. The Hall–Kier alpha value is -1.94. The molecule has 0 aliphatic rings. The third-order valence-electron chi connectivity index (χ3n) is 16.0. The van der Waals surface area contributed by atoms with Crippen LogP contribution in [0.5, 0.6) is 0 Å². The van der Waals surface area contributed by atoms with Gasteiger partial charge in [-0.25, -0.2) is 9.13 Å². The molecule has 0 aromatic carbocycles. The molecule has 2 unspecified atom stereocenters. The van der Waals surface area contributed by atoms with E-state index in [1.165, 1.54) is 167 Å². The predicted octanol–water partition coefficient (Wildman–Crippen LogP) is 19.7. The first-order valence-corrected chi connectivity index (χ1v) is 39.1. The van der Waals surface area contributed by atoms with Crippen molar-refractivity contribution in [2.75, 3.05) is 39.6 Å². The molecule has 0 saturated heterocycles. The highest BCUT2D eigenvalue weighted by Gasteiger charge is 2.30. The Balaban J connectivity index is 5.20. The molecule has 0 aromatic heterocycles. The Morgan fingerprint density at radius 2 is 0.523 bits per heavy atom. The van der Waals surface area contributed by atoms with Crippen LogP contribution in [0.3, 0.4) is 0 Å². The van der Waals surface area contributed by atoms with E-state index in [-0.39, 0.29) is 25.7 Å². The van der Waals surface area contributed by atoms with Crippen LogP contribution in [0.1, 0.15) is 356 Å². The molecule has 522 valence electrons. The molecule has 0 spiro atoms. The molecule has 0 rings (SSSR count). The SMILES string of the molecule is CCCCCCCCCCCCCCCCCCC(=O)O[C@H](COC(=O)CCCCCCCCCCCCCC(C)C)COP(=O)(O)OC[C@@H](O)COP(=O)(O)OC[C@@H](COC(=O)CCCCCCCCC)OC(=O)CCCCCCCCCCCCC. The lowest BCUT2D eigenvalue weighted by Gasteiger charge is -2.21. The lowest BCUT2D eigenvalue weighted by molar-refractivity contribution is -0.161. The fourth-order valence-electron chi connectivity index (χ4n) is 10.5. The highest BCUT2D eigenvalue weighted by atomic mass is 31.2. The Labute approximate surface area is 537 Å². The summed E-state index contributed by atoms with van der Waals surface area (Å²) in [6.45, 7) is 7.20. The summed E-state index contributed by atoms with van der Waals surface area (Å²) in [6, 6.07) is 0. The van der Waals surface area contributed by atoms with E-state index < -0.39 is 97.5 Å². The van der Waals surface area contributed by atoms with Gasteiger partial charge in [-0.3, -0.25) is 37.3 Å². The average molecular weight is 1300 g/mol. The average Bonchev–Trinajstić information content (AvgIpc) is 3.58. The zero-order chi connectivity index (χ0) is 64.9. The third kappa shape index (κ3) is 62.8. The van der Waals surface area contributed by atoms with Crippen LogP contribution in [0.15, 0.2) is 0 Å². The van der Waals surface area contributed by atoms with Crippen LogP contribution in [-0.4, -0.2) is 96.7 Å². The lowest BCUT2D eigenvalue weighted by atomic mass is 10.0. The largest absolute Gasteiger partial charge is 0.472 e. The summed E-state index contributed by atoms with van der Waals surface area (Å²) in [5.74, 6) is -1.36. The maximum Gasteiger partial charge on any atom is 0.472 e. The van der Waals surface area contributed by atoms with Gasteiger partial charge >= 0.3 is 39.5 Å². The molecule has 0 aromatic rings. The summed E-state index contributed by atoms with van der Waals surface area (Å²) in [4.78, 5) is 72.4. The maximum absolute atomic E-state index is 13.0. The number of esters is 4. The zero-order valence-electron chi connectivity index (χ0n) is 56.9. The van der Waals surface area contributed by atoms with Crippen molar-refractivity contribution in [1.82, 2.24) is 0 Å². The minimum atomic E-state index is -4.95. The first-order valence-electron chi connectivity index (χ1n) is 36.1. The van der Waals surface area contributed by atoms with Gasteiger partial charge in [0.05, 0.1) is 26.4 Å². The molecule has 0 heterocycles. The molecule has 0 bridgehead atoms. The normalized spacial score (nSPS) is 14.1. The number of ether oxygens (including phenoxy) is 4. The van der Waals surface area contributed by atoms with Crippen molar-refractivity contribution in [1.29, 1.82) is 0 Å². The van der Waals surface area contributed by atoms with Gasteiger partial charge in [0, 0.05) is 25.7 Å². The van der Waals surface area contributed by atoms with Crippen LogP contribution < -0.4 is 0 Å². The number of phosphoric acid groups is 2. The van der Waals surface area contributed by atoms with Crippen molar-refractivity contribution in [2.24, 2.45) is 5.92 Å². The summed E-state index contributed by atoms with van der Waals surface area (Å²) >= 11 is 0. The van der Waals surface area contributed by atoms with E-state index in [1.807, 2.05) is 0 Å². The number of carbonyl (C=O) groups excluding carboxylic acids is 4. The first-order chi connectivity index (χ1) is 42.5. The van der Waals surface area contributed by atoms with Crippen LogP contribution in [0.25, 0.3) is 0 Å². The standard InChI is InChI=1S/C69H134O17P2/c1-6-9-12-15-18-20-22-23-24-25-26-30-35-40-45-50-55-69(74)86-65(59-80-67(72)53-48-43-38-33-31-27-29-32-37-41-46-51-62(4)5)61-84-88(77,78)82-57-63(70)56-81-87(75,76)83-60-64(58-79-66(71)52-47-42-36-17-14-11-8-3)85-68(73)54-49-44-39-34-28-21-19-16-13-10-7-2/h62-65,70H,6-61H2,1-5H3,(H,75,76)(H,77,78)/t63-,64+,65+/m0/s1. The Morgan fingerprint density at radius 1 is 0.307 bits per heavy atom. The summed E-state index contributed by atoms with van der Waals surface area (Å²) in [5, 5.41) is 10.6. The number of hydrogen-bond donors (Lipinski definition) is 3. The van der Waals surface area contributed by atoms with E-state index >= 15 is 0 Å². The predicted molar refractivity (Wildman–Crippen MR) is 354 cm³/mol. The van der Waals surface area contributed by atoms with E-state index in [2.05, 4.69) is 34.6 Å². The van der Waals surface area contributed by atoms with Crippen LogP contribution in [0, 0.1) is 5.92 Å². The Bertz CT molecular complexity index is 1700. The molecular weight excluding hydrogens is 1160 g/mol. The fourth-order valence-corrected chi connectivity index (χ4v) is 12.0. The molecule has 19 heteroatoms. The van der Waals surface area contributed by atoms with E-state index in [0.717, 1.165) is 109 Å². The highest BCUT2D eigenvalue weighted by Crippen LogP contribution is 2.45. The van der Waals surface area contributed by atoms with Gasteiger partial charge < -0.3 is 33.8 Å². The van der Waals surface area contributed by atoms with Gasteiger partial charge in [-0.1, -0.05) is 304 Å². The van der Waals surface area contributed by atoms with Crippen molar-refractivity contribution in [3.05, 3.63) is 0 Å². The van der Waals surface area contributed by atoms with E-state index in [4.69, 9.17) is 37.0 Å². The number of hydrogen-bond acceptors (Lipinski definition) is 15. The number of phosphoric ester groups is 2. The number of carbonyl (C=O) groups is 4. The monoisotopic (exact) mass is 1300 g/mol. The quantitative estimate of drug-likeness (QED) is 0.0222. The second-order valence-electron chi connectivity index (χ2n) is 25.4. The second-order valence-corrected chi connectivity index (χ2v) is 28.3. The summed E-state index contributed by atoms with van der Waals surface area (Å²) in [7, 11) is -9.89. The third-order valence-corrected chi connectivity index (χ3v) is 17.9. The summed E-state index contributed by atoms with van der Waals surface area (Å²) in [5.41, 5.74) is 0. The second kappa shape index (κ2) is 62.5. The fraction of sp³-hybridized carbons (Fsp3) is 0.942. The molecule has 17 nitrogen and oxygen atoms in total. The minimum Gasteiger partial charge on any atom is -0.462 e. The molecule has 88 heavy (non-hydrogen) atoms. The molecule has 0 amide bonds. The van der Waals surface area contributed by atoms with Crippen LogP contribution in [0.4, 0.5) is 0 Å². The van der Waals surface area contributed by atoms with Crippen LogP contribution >= 0.6 is 15.6 Å². The van der Waals surface area contributed by atoms with E-state index in [1.54, 1.807) is 0 Å². The molecule has 0 aliphatic heterocycles. The van der Waals surface area contributed by atoms with Crippen molar-refractivity contribution in [3.8, 4) is 0 Å². The Morgan fingerprint density at radius 3 is 0.773 bits per heavy atom. The maximum atomic E-state index is 13.0. The Kier molecular flexibility index (Phi) is 61.1. The first kappa shape index (κ1) is 86.1. The summed E-state index contributed by atoms with van der Waals surface area (Å²) in [6.07, 6.45) is 48.6. The zero-order valence-corrected chi connectivity index (χ0v) is 58.6. The molecular formula is C69H134O17P2. The van der Waals surface area contributed by atoms with Crippen molar-refractivity contribution >= 4 is 39.5 Å². The van der Waals surface area contributed by atoms with Gasteiger partial charge in [0.25, 0.3) is 0 Å². The minimum absolute atomic E-state index is 0.107. The summed E-state index contributed by atoms with van der Waals surface area (Å²) < 4.78 is 68.1. The van der Waals surface area contributed by atoms with E-state index in [9.17, 15) is 43.2 Å². The molecule has 3 N–H and O–H groups in total. The van der Waals surface area contributed by atoms with E-state index in [0.29, 0.717) is 25.7 Å². The van der Waals surface area contributed by atoms with Gasteiger partial charge in [0.15, 0.2) is 12.2 Å². The van der Waals surface area contributed by atoms with Crippen molar-refractivity contribution < 1.29 is 80.2 Å². The topological polar surface area (TPSA) is 237 Å². The van der Waals surface area contributed by atoms with Crippen molar-refractivity contribution in [2.45, 2.75) is 374 Å². The molecule has 0 fully saturated rings. The van der Waals surface area contributed by atoms with Gasteiger partial charge in [0.1, 0.15) is 19.3 Å². The lowest BCUT2D eigenvalue weighted by Crippen LogP contribution is -2.30. The number of aliphatic hydroxyl groups excluding tert-OH is 1. The smallest absolute Gasteiger partial charge is 0.462 e. The van der Waals surface area contributed by atoms with Gasteiger partial charge in [-0.2, -0.15) is 0 Å². The molecule has 5 atom stereocenters. The number of unbranched alkanes of at least 4 members (excludes halogenated alkanes) is 41. The molecule has 0 radical (unpaired) electrons. The van der Waals surface area contributed by atoms with Crippen LogP contribution in [-0.2, 0) is 65.4 Å². The van der Waals surface area contributed by atoms with Gasteiger partial charge in [0.2, 0.25) is 0 Å². The van der Waals surface area contributed by atoms with Gasteiger partial charge in [-0.05, 0) is 31.6 Å². The van der Waals surface area contributed by atoms with Crippen molar-refractivity contribution in [3.63, 3.8) is 0 Å². The highest BCUT2D eigenvalue weighted by molar-refractivity contribution is 7.47. The molecule has 0 saturated carbocycles. The number of aliphatic hydroxyl groups is 1. The van der Waals surface area contributed by atoms with Gasteiger partial charge in [-0.15, -0.1) is 0 Å². The number of rotatable bonds is 69. The van der Waals surface area contributed by atoms with Crippen LogP contribution in [0.2, 0.25) is 0 Å².